The van der Waals surface area contributed by atoms with Crippen molar-refractivity contribution in [1.82, 2.24) is 4.90 Å². The number of rotatable bonds is 13. The van der Waals surface area contributed by atoms with Gasteiger partial charge in [-0.1, -0.05) is 148 Å². The normalized spacial score (nSPS) is 19.6. The average Bonchev–Trinajstić information content (AvgIpc) is 3.41. The zero-order chi connectivity index (χ0) is 37.4. The summed E-state index contributed by atoms with van der Waals surface area (Å²) in [5.41, 5.74) is 1.19. The molecule has 1 aliphatic rings. The molecule has 52 heavy (non-hydrogen) atoms. The Morgan fingerprint density at radius 3 is 1.54 bits per heavy atom. The van der Waals surface area contributed by atoms with Crippen LogP contribution in [0.4, 0.5) is 4.79 Å². The van der Waals surface area contributed by atoms with E-state index in [1.54, 1.807) is 11.0 Å². The van der Waals surface area contributed by atoms with Crippen molar-refractivity contribution in [3.8, 4) is 0 Å². The minimum Gasteiger partial charge on any atom is -0.444 e. The lowest BCUT2D eigenvalue weighted by atomic mass is 10.1. The highest BCUT2D eigenvalue weighted by Crippen LogP contribution is 2.39. The fraction of sp³-hybridized carbons (Fsp3) is 0.364. The maximum absolute atomic E-state index is 14.5. The largest absolute Gasteiger partial charge is 0.444 e. The molecule has 4 aromatic rings. The Morgan fingerprint density at radius 2 is 1.12 bits per heavy atom. The van der Waals surface area contributed by atoms with Crippen LogP contribution >= 0.6 is 0 Å². The summed E-state index contributed by atoms with van der Waals surface area (Å²) in [7, 11) is -3.04. The van der Waals surface area contributed by atoms with Crippen LogP contribution in [0.25, 0.3) is 0 Å². The smallest absolute Gasteiger partial charge is 0.411 e. The van der Waals surface area contributed by atoms with Crippen LogP contribution in [0.2, 0.25) is 5.04 Å². The SMILES string of the molecule is CC(=O)/C=C/[C@@H]1[C@@H](OCc2ccccc2)[C@H](OCc2ccccc2)[C@@H](CO[Si](c2ccccc2)(c2ccccc2)C(C)(C)C)N1C(=O)OC(C)(C)C. The highest BCUT2D eigenvalue weighted by molar-refractivity contribution is 6.99. The van der Waals surface area contributed by atoms with Crippen molar-refractivity contribution in [2.45, 2.75) is 96.6 Å². The molecule has 0 bridgehead atoms. The Kier molecular flexibility index (Phi) is 12.7. The Labute approximate surface area is 310 Å². The first kappa shape index (κ1) is 38.9. The highest BCUT2D eigenvalue weighted by atomic mass is 28.4. The van der Waals surface area contributed by atoms with Gasteiger partial charge in [-0.2, -0.15) is 0 Å². The van der Waals surface area contributed by atoms with Gasteiger partial charge >= 0.3 is 6.09 Å². The maximum atomic E-state index is 14.5. The van der Waals surface area contributed by atoms with Gasteiger partial charge in [0.25, 0.3) is 8.32 Å². The van der Waals surface area contributed by atoms with Gasteiger partial charge in [0.2, 0.25) is 0 Å². The van der Waals surface area contributed by atoms with Crippen LogP contribution in [0.1, 0.15) is 59.6 Å². The van der Waals surface area contributed by atoms with Crippen LogP contribution in [-0.2, 0) is 36.6 Å². The molecule has 0 unspecified atom stereocenters. The molecule has 4 atom stereocenters. The fourth-order valence-electron chi connectivity index (χ4n) is 7.04. The molecule has 1 amide bonds. The van der Waals surface area contributed by atoms with Crippen LogP contribution in [0, 0.1) is 0 Å². The van der Waals surface area contributed by atoms with E-state index in [2.05, 4.69) is 69.3 Å². The lowest BCUT2D eigenvalue weighted by Gasteiger charge is -2.44. The van der Waals surface area contributed by atoms with Gasteiger partial charge in [0.05, 0.1) is 31.9 Å². The van der Waals surface area contributed by atoms with Crippen LogP contribution in [0.3, 0.4) is 0 Å². The second-order valence-electron chi connectivity index (χ2n) is 15.4. The van der Waals surface area contributed by atoms with Crippen molar-refractivity contribution < 1.29 is 28.2 Å². The van der Waals surface area contributed by atoms with Gasteiger partial charge in [0, 0.05) is 0 Å². The third-order valence-corrected chi connectivity index (χ3v) is 14.3. The molecule has 0 aliphatic carbocycles. The zero-order valence-electron chi connectivity index (χ0n) is 31.5. The molecule has 0 saturated carbocycles. The molecule has 7 nitrogen and oxygen atoms in total. The van der Waals surface area contributed by atoms with E-state index in [4.69, 9.17) is 18.6 Å². The van der Waals surface area contributed by atoms with Crippen molar-refractivity contribution in [3.63, 3.8) is 0 Å². The van der Waals surface area contributed by atoms with Crippen molar-refractivity contribution in [1.29, 1.82) is 0 Å². The molecule has 1 aliphatic heterocycles. The number of ether oxygens (including phenoxy) is 3. The first-order valence-electron chi connectivity index (χ1n) is 18.1. The van der Waals surface area contributed by atoms with Gasteiger partial charge in [0.15, 0.2) is 5.78 Å². The molecule has 274 valence electrons. The number of hydrogen-bond donors (Lipinski definition) is 0. The standard InChI is InChI=1S/C44H53NO6Si/c1-33(46)28-29-38-40(48-30-34-20-12-8-13-21-34)41(49-31-35-22-14-9-15-23-35)39(45(38)42(47)51-43(2,3)4)32-50-52(44(5,6)7,36-24-16-10-17-25-36)37-26-18-11-19-27-37/h8-29,38-41H,30-32H2,1-7H3/b29-28+/t38-,39-,40-,41-/m1/s1. The number of carbonyl (C=O) groups is 2. The number of carbonyl (C=O) groups excluding carboxylic acids is 2. The minimum atomic E-state index is -3.04. The summed E-state index contributed by atoms with van der Waals surface area (Å²) in [4.78, 5) is 28.6. The van der Waals surface area contributed by atoms with E-state index in [-0.39, 0.29) is 30.6 Å². The molecule has 1 saturated heterocycles. The first-order chi connectivity index (χ1) is 24.8. The van der Waals surface area contributed by atoms with Crippen molar-refractivity contribution in [2.75, 3.05) is 6.61 Å². The Morgan fingerprint density at radius 1 is 0.673 bits per heavy atom. The Bertz CT molecular complexity index is 1710. The van der Waals surface area contributed by atoms with Gasteiger partial charge in [0.1, 0.15) is 17.8 Å². The Balaban J connectivity index is 1.65. The summed E-state index contributed by atoms with van der Waals surface area (Å²) in [5, 5.41) is 1.95. The van der Waals surface area contributed by atoms with Crippen molar-refractivity contribution in [3.05, 3.63) is 145 Å². The fourth-order valence-corrected chi connectivity index (χ4v) is 11.6. The topological polar surface area (TPSA) is 74.3 Å². The predicted molar refractivity (Wildman–Crippen MR) is 209 cm³/mol. The van der Waals surface area contributed by atoms with Crippen LogP contribution < -0.4 is 10.4 Å². The number of ketones is 1. The number of benzene rings is 4. The number of likely N-dealkylation sites (tertiary alicyclic amines) is 1. The number of allylic oxidation sites excluding steroid dienone is 1. The summed E-state index contributed by atoms with van der Waals surface area (Å²) in [6.45, 7) is 14.4. The van der Waals surface area contributed by atoms with E-state index in [9.17, 15) is 9.59 Å². The molecule has 0 N–H and O–H groups in total. The summed E-state index contributed by atoms with van der Waals surface area (Å²) < 4.78 is 27.2. The molecule has 0 radical (unpaired) electrons. The second-order valence-corrected chi connectivity index (χ2v) is 19.7. The molecule has 0 spiro atoms. The zero-order valence-corrected chi connectivity index (χ0v) is 32.5. The van der Waals surface area contributed by atoms with Gasteiger partial charge < -0.3 is 18.6 Å². The predicted octanol–water partition coefficient (Wildman–Crippen LogP) is 7.87. The van der Waals surface area contributed by atoms with Crippen LogP contribution in [-0.4, -0.2) is 61.6 Å². The minimum absolute atomic E-state index is 0.139. The van der Waals surface area contributed by atoms with Crippen LogP contribution in [0.15, 0.2) is 133 Å². The number of hydrogen-bond acceptors (Lipinski definition) is 6. The van der Waals surface area contributed by atoms with E-state index >= 15 is 0 Å². The highest BCUT2D eigenvalue weighted by Gasteiger charge is 2.56. The van der Waals surface area contributed by atoms with Gasteiger partial charge in [-0.25, -0.2) is 4.79 Å². The number of nitrogens with zero attached hydrogens (tertiary/aromatic N) is 1. The van der Waals surface area contributed by atoms with Gasteiger partial charge in [-0.05, 0) is 60.3 Å². The van der Waals surface area contributed by atoms with E-state index in [1.807, 2.05) is 93.6 Å². The number of amides is 1. The van der Waals surface area contributed by atoms with E-state index < -0.39 is 44.3 Å². The molecule has 4 aromatic carbocycles. The molecule has 8 heteroatoms. The molecule has 1 fully saturated rings. The molecule has 5 rings (SSSR count). The van der Waals surface area contributed by atoms with E-state index in [1.165, 1.54) is 13.0 Å². The first-order valence-corrected chi connectivity index (χ1v) is 20.0. The molecule has 1 heterocycles. The second kappa shape index (κ2) is 17.0. The quantitative estimate of drug-likeness (QED) is 0.104. The summed E-state index contributed by atoms with van der Waals surface area (Å²) >= 11 is 0. The summed E-state index contributed by atoms with van der Waals surface area (Å²) in [6, 6.07) is 39.4. The third kappa shape index (κ3) is 9.35. The lowest BCUT2D eigenvalue weighted by Crippen LogP contribution is -2.67. The lowest BCUT2D eigenvalue weighted by molar-refractivity contribution is -0.112. The summed E-state index contributed by atoms with van der Waals surface area (Å²) in [6.07, 6.45) is 1.43. The van der Waals surface area contributed by atoms with E-state index in [0.29, 0.717) is 0 Å². The summed E-state index contributed by atoms with van der Waals surface area (Å²) in [5.74, 6) is -0.139. The van der Waals surface area contributed by atoms with Crippen molar-refractivity contribution >= 4 is 30.6 Å². The molecular formula is C44H53NO6Si. The van der Waals surface area contributed by atoms with E-state index in [0.717, 1.165) is 21.5 Å². The third-order valence-electron chi connectivity index (χ3n) is 9.31. The molecule has 0 aromatic heterocycles. The van der Waals surface area contributed by atoms with Gasteiger partial charge in [-0.15, -0.1) is 0 Å². The molecular weight excluding hydrogens is 667 g/mol. The van der Waals surface area contributed by atoms with Crippen molar-refractivity contribution in [2.24, 2.45) is 0 Å². The Hall–Kier alpha value is -4.34. The average molecular weight is 720 g/mol. The maximum Gasteiger partial charge on any atom is 0.411 e. The van der Waals surface area contributed by atoms with Crippen LogP contribution in [0.5, 0.6) is 0 Å². The monoisotopic (exact) mass is 719 g/mol. The van der Waals surface area contributed by atoms with Gasteiger partial charge in [-0.3, -0.25) is 9.69 Å².